The Morgan fingerprint density at radius 1 is 1.24 bits per heavy atom. The summed E-state index contributed by atoms with van der Waals surface area (Å²) in [6.07, 6.45) is 3.50. The van der Waals surface area contributed by atoms with Gasteiger partial charge in [-0.15, -0.1) is 0 Å². The van der Waals surface area contributed by atoms with Crippen molar-refractivity contribution in [2.75, 3.05) is 18.5 Å². The van der Waals surface area contributed by atoms with Crippen LogP contribution in [0.1, 0.15) is 65.0 Å². The first kappa shape index (κ1) is 22.9. The summed E-state index contributed by atoms with van der Waals surface area (Å²) in [7, 11) is 0. The number of carbonyl (C=O) groups excluding carboxylic acids is 2. The molecule has 2 rings (SSSR count). The molecule has 1 unspecified atom stereocenters. The van der Waals surface area contributed by atoms with E-state index in [0.29, 0.717) is 35.9 Å². The zero-order valence-electron chi connectivity index (χ0n) is 17.7. The Balaban J connectivity index is 2.31. The number of anilines is 1. The maximum Gasteiger partial charge on any atom is 0.338 e. The van der Waals surface area contributed by atoms with E-state index >= 15 is 0 Å². The number of unbranched alkanes of at least 4 members (excludes halogenated alkanes) is 2. The lowest BCUT2D eigenvalue weighted by Gasteiger charge is -2.37. The van der Waals surface area contributed by atoms with Crippen molar-refractivity contribution in [3.05, 3.63) is 41.1 Å². The van der Waals surface area contributed by atoms with Crippen LogP contribution in [0.5, 0.6) is 0 Å². The highest BCUT2D eigenvalue weighted by molar-refractivity contribution is 7.80. The van der Waals surface area contributed by atoms with Crippen molar-refractivity contribution in [1.29, 1.82) is 0 Å². The van der Waals surface area contributed by atoms with Crippen LogP contribution in [0.25, 0.3) is 0 Å². The molecule has 0 bridgehead atoms. The fourth-order valence-corrected chi connectivity index (χ4v) is 3.82. The smallest absolute Gasteiger partial charge is 0.338 e. The van der Waals surface area contributed by atoms with Gasteiger partial charge in [0.05, 0.1) is 18.2 Å². The Labute approximate surface area is 178 Å². The van der Waals surface area contributed by atoms with Gasteiger partial charge in [-0.05, 0) is 57.1 Å². The normalized spacial score (nSPS) is 16.5. The van der Waals surface area contributed by atoms with Crippen molar-refractivity contribution in [2.24, 2.45) is 0 Å². The number of hydrogen-bond donors (Lipinski definition) is 2. The minimum Gasteiger partial charge on any atom is -0.463 e. The molecule has 1 aliphatic heterocycles. The fraction of sp³-hybridized carbons (Fsp3) is 0.500. The Bertz CT molecular complexity index is 791. The van der Waals surface area contributed by atoms with Crippen LogP contribution in [0.4, 0.5) is 5.69 Å². The molecule has 158 valence electrons. The van der Waals surface area contributed by atoms with Gasteiger partial charge in [0.15, 0.2) is 5.11 Å². The van der Waals surface area contributed by atoms with Crippen LogP contribution in [-0.2, 0) is 14.3 Å². The predicted octanol–water partition coefficient (Wildman–Crippen LogP) is 4.29. The highest BCUT2D eigenvalue weighted by atomic mass is 32.1. The van der Waals surface area contributed by atoms with Gasteiger partial charge in [-0.25, -0.2) is 4.79 Å². The van der Waals surface area contributed by atoms with Crippen LogP contribution < -0.4 is 10.6 Å². The predicted molar refractivity (Wildman–Crippen MR) is 119 cm³/mol. The van der Waals surface area contributed by atoms with E-state index in [-0.39, 0.29) is 11.9 Å². The molecule has 1 aromatic carbocycles. The van der Waals surface area contributed by atoms with E-state index in [1.807, 2.05) is 43.0 Å². The van der Waals surface area contributed by atoms with E-state index in [1.54, 1.807) is 6.92 Å². The summed E-state index contributed by atoms with van der Waals surface area (Å²) in [4.78, 5) is 26.8. The first-order valence-electron chi connectivity index (χ1n) is 10.3. The first-order chi connectivity index (χ1) is 13.9. The quantitative estimate of drug-likeness (QED) is 0.355. The molecular weight excluding hydrogens is 386 g/mol. The zero-order chi connectivity index (χ0) is 21.4. The molecule has 0 spiro atoms. The van der Waals surface area contributed by atoms with E-state index < -0.39 is 6.04 Å². The number of ether oxygens (including phenoxy) is 1. The molecule has 0 radical (unpaired) electrons. The van der Waals surface area contributed by atoms with Crippen LogP contribution >= 0.6 is 12.2 Å². The minimum atomic E-state index is -0.429. The molecule has 0 aromatic heterocycles. The molecule has 0 saturated heterocycles. The van der Waals surface area contributed by atoms with E-state index in [2.05, 4.69) is 17.6 Å². The fourth-order valence-electron chi connectivity index (χ4n) is 3.44. The average molecular weight is 418 g/mol. The lowest BCUT2D eigenvalue weighted by Crippen LogP contribution is -2.47. The Hall–Kier alpha value is -2.41. The second kappa shape index (κ2) is 11.0. The number of rotatable bonds is 9. The number of nitrogens with zero attached hydrogens (tertiary/aromatic N) is 1. The van der Waals surface area contributed by atoms with E-state index in [0.717, 1.165) is 30.5 Å². The second-order valence-corrected chi connectivity index (χ2v) is 7.36. The molecule has 1 amide bonds. The highest BCUT2D eigenvalue weighted by Crippen LogP contribution is 2.32. The number of amides is 1. The molecule has 6 nitrogen and oxygen atoms in total. The van der Waals surface area contributed by atoms with Gasteiger partial charge in [0.2, 0.25) is 5.91 Å². The summed E-state index contributed by atoms with van der Waals surface area (Å²) in [6, 6.07) is 7.09. The van der Waals surface area contributed by atoms with Gasteiger partial charge >= 0.3 is 5.97 Å². The van der Waals surface area contributed by atoms with Crippen LogP contribution in [-0.4, -0.2) is 35.0 Å². The third-order valence-electron chi connectivity index (χ3n) is 4.92. The van der Waals surface area contributed by atoms with Crippen LogP contribution in [0, 0.1) is 0 Å². The SMILES string of the molecule is CCCCCC(=O)Nc1cccc(C2NC(=S)N(CC)C(C)=C2C(=O)OCC)c1. The van der Waals surface area contributed by atoms with Crippen LogP contribution in [0.2, 0.25) is 0 Å². The average Bonchev–Trinajstić information content (AvgIpc) is 2.68. The monoisotopic (exact) mass is 417 g/mol. The number of nitrogens with one attached hydrogen (secondary N) is 2. The van der Waals surface area contributed by atoms with E-state index in [4.69, 9.17) is 17.0 Å². The van der Waals surface area contributed by atoms with E-state index in [1.165, 1.54) is 0 Å². The van der Waals surface area contributed by atoms with Gasteiger partial charge in [-0.2, -0.15) is 0 Å². The van der Waals surface area contributed by atoms with Gasteiger partial charge in [0, 0.05) is 24.4 Å². The largest absolute Gasteiger partial charge is 0.463 e. The molecule has 1 atom stereocenters. The third-order valence-corrected chi connectivity index (χ3v) is 5.26. The van der Waals surface area contributed by atoms with Crippen molar-refractivity contribution >= 4 is 34.9 Å². The molecule has 1 aliphatic rings. The number of allylic oxidation sites excluding steroid dienone is 1. The highest BCUT2D eigenvalue weighted by Gasteiger charge is 2.34. The lowest BCUT2D eigenvalue weighted by atomic mass is 9.94. The van der Waals surface area contributed by atoms with Gasteiger partial charge in [-0.3, -0.25) is 4.79 Å². The molecule has 0 saturated carbocycles. The summed E-state index contributed by atoms with van der Waals surface area (Å²) in [6.45, 7) is 8.72. The molecule has 0 aliphatic carbocycles. The number of hydrogen-bond acceptors (Lipinski definition) is 4. The summed E-state index contributed by atoms with van der Waals surface area (Å²) >= 11 is 5.51. The minimum absolute atomic E-state index is 0.00257. The second-order valence-electron chi connectivity index (χ2n) is 6.98. The Kier molecular flexibility index (Phi) is 8.64. The maximum atomic E-state index is 12.7. The van der Waals surface area contributed by atoms with E-state index in [9.17, 15) is 9.59 Å². The maximum absolute atomic E-state index is 12.7. The third kappa shape index (κ3) is 5.79. The summed E-state index contributed by atoms with van der Waals surface area (Å²) in [5, 5.41) is 6.78. The summed E-state index contributed by atoms with van der Waals surface area (Å²) in [5.74, 6) is -0.366. The van der Waals surface area contributed by atoms with Crippen molar-refractivity contribution in [3.63, 3.8) is 0 Å². The van der Waals surface area contributed by atoms with Crippen molar-refractivity contribution in [1.82, 2.24) is 10.2 Å². The van der Waals surface area contributed by atoms with Crippen LogP contribution in [0.3, 0.4) is 0 Å². The first-order valence-corrected chi connectivity index (χ1v) is 10.7. The molecular formula is C22H31N3O3S. The zero-order valence-corrected chi connectivity index (χ0v) is 18.5. The summed E-state index contributed by atoms with van der Waals surface area (Å²) in [5.41, 5.74) is 2.87. The number of esters is 1. The van der Waals surface area contributed by atoms with Crippen molar-refractivity contribution in [3.8, 4) is 0 Å². The number of thiocarbonyl (C=S) groups is 1. The lowest BCUT2D eigenvalue weighted by molar-refractivity contribution is -0.139. The molecule has 29 heavy (non-hydrogen) atoms. The topological polar surface area (TPSA) is 70.7 Å². The number of carbonyl (C=O) groups is 2. The molecule has 0 fully saturated rings. The number of benzene rings is 1. The molecule has 7 heteroatoms. The van der Waals surface area contributed by atoms with Crippen molar-refractivity contribution in [2.45, 2.75) is 59.4 Å². The summed E-state index contributed by atoms with van der Waals surface area (Å²) < 4.78 is 5.30. The van der Waals surface area contributed by atoms with Crippen molar-refractivity contribution < 1.29 is 14.3 Å². The molecule has 1 aromatic rings. The Morgan fingerprint density at radius 3 is 2.66 bits per heavy atom. The van der Waals surface area contributed by atoms with Gasteiger partial charge in [-0.1, -0.05) is 31.9 Å². The van der Waals surface area contributed by atoms with Gasteiger partial charge in [0.1, 0.15) is 0 Å². The Morgan fingerprint density at radius 2 is 2.00 bits per heavy atom. The molecule has 2 N–H and O–H groups in total. The van der Waals surface area contributed by atoms with Gasteiger partial charge < -0.3 is 20.3 Å². The van der Waals surface area contributed by atoms with Gasteiger partial charge in [0.25, 0.3) is 0 Å². The molecule has 1 heterocycles. The van der Waals surface area contributed by atoms with Crippen LogP contribution in [0.15, 0.2) is 35.5 Å². The standard InChI is InChI=1S/C22H31N3O3S/c1-5-8-9-13-18(26)23-17-12-10-11-16(14-17)20-19(21(27)28-7-3)15(4)25(6-2)22(29)24-20/h10-12,14,20H,5-9,13H2,1-4H3,(H,23,26)(H,24,29).